The lowest BCUT2D eigenvalue weighted by molar-refractivity contribution is 0.756. The van der Waals surface area contributed by atoms with E-state index in [9.17, 15) is 0 Å². The second-order valence-electron chi connectivity index (χ2n) is 6.92. The fourth-order valence-corrected chi connectivity index (χ4v) is 11.1. The molecule has 2 fully saturated rings. The molecule has 1 aromatic carbocycles. The summed E-state index contributed by atoms with van der Waals surface area (Å²) in [5.41, 5.74) is 2.86. The van der Waals surface area contributed by atoms with Gasteiger partial charge in [-0.3, -0.25) is 0 Å². The lowest BCUT2D eigenvalue weighted by Gasteiger charge is -2.37. The summed E-state index contributed by atoms with van der Waals surface area (Å²) in [5, 5.41) is 0. The molecule has 126 valence electrons. The first-order chi connectivity index (χ1) is 10.6. The smallest absolute Gasteiger partial charge is 0.0151 e. The molecule has 0 N–H and O–H groups in total. The standard InChI is InChI=1S/C18H28Cl2S2/c19-21(11-3-1-4-12-21)15-17-7-9-18(10-8-17)16-22(20)13-5-2-6-14-22/h7-10H,1-6,11-16H2. The Labute approximate surface area is 148 Å². The molecule has 2 heterocycles. The van der Waals surface area contributed by atoms with Crippen LogP contribution >= 0.6 is 39.8 Å². The molecule has 0 amide bonds. The predicted molar refractivity (Wildman–Crippen MR) is 108 cm³/mol. The third kappa shape index (κ3) is 4.75. The first-order valence-corrected chi connectivity index (χ1v) is 14.5. The quantitative estimate of drug-likeness (QED) is 0.530. The summed E-state index contributed by atoms with van der Waals surface area (Å²) in [6.45, 7) is 0. The fourth-order valence-electron chi connectivity index (χ4n) is 3.62. The molecule has 0 spiro atoms. The second kappa shape index (κ2) is 7.59. The molecule has 0 aromatic heterocycles. The van der Waals surface area contributed by atoms with Gasteiger partial charge in [-0.05, 0) is 59.8 Å². The van der Waals surface area contributed by atoms with Gasteiger partial charge in [0, 0.05) is 11.5 Å². The van der Waals surface area contributed by atoms with E-state index >= 15 is 0 Å². The van der Waals surface area contributed by atoms with Gasteiger partial charge in [0.05, 0.1) is 0 Å². The Morgan fingerprint density at radius 1 is 0.591 bits per heavy atom. The molecule has 2 aliphatic heterocycles. The van der Waals surface area contributed by atoms with Crippen LogP contribution in [-0.2, 0) is 11.5 Å². The molecule has 2 saturated heterocycles. The minimum atomic E-state index is -0.894. The van der Waals surface area contributed by atoms with Gasteiger partial charge in [-0.2, -0.15) is 18.5 Å². The van der Waals surface area contributed by atoms with Crippen LogP contribution in [0.1, 0.15) is 49.7 Å². The van der Waals surface area contributed by atoms with Crippen molar-refractivity contribution in [1.82, 2.24) is 0 Å². The number of rotatable bonds is 4. The van der Waals surface area contributed by atoms with Crippen LogP contribution in [-0.4, -0.2) is 23.0 Å². The monoisotopic (exact) mass is 378 g/mol. The van der Waals surface area contributed by atoms with Crippen molar-refractivity contribution in [2.24, 2.45) is 0 Å². The highest BCUT2D eigenvalue weighted by atomic mass is 35.7. The first-order valence-electron chi connectivity index (χ1n) is 8.57. The normalized spacial score (nSPS) is 27.0. The Kier molecular flexibility index (Phi) is 5.98. The van der Waals surface area contributed by atoms with Crippen molar-refractivity contribution in [1.29, 1.82) is 0 Å². The molecule has 0 saturated carbocycles. The van der Waals surface area contributed by atoms with Crippen molar-refractivity contribution >= 4 is 39.8 Å². The molecular formula is C18H28Cl2S2. The van der Waals surface area contributed by atoms with Crippen molar-refractivity contribution < 1.29 is 0 Å². The van der Waals surface area contributed by atoms with E-state index in [0.717, 1.165) is 11.5 Å². The molecule has 0 unspecified atom stereocenters. The van der Waals surface area contributed by atoms with Crippen LogP contribution < -0.4 is 0 Å². The van der Waals surface area contributed by atoms with E-state index < -0.39 is 18.5 Å². The molecule has 22 heavy (non-hydrogen) atoms. The van der Waals surface area contributed by atoms with Crippen LogP contribution in [0.15, 0.2) is 24.3 Å². The lowest BCUT2D eigenvalue weighted by atomic mass is 10.2. The Hall–Kier alpha value is 0.500. The maximum absolute atomic E-state index is 6.89. The van der Waals surface area contributed by atoms with E-state index in [1.165, 1.54) is 72.7 Å². The first kappa shape index (κ1) is 17.3. The third-order valence-electron chi connectivity index (χ3n) is 4.91. The van der Waals surface area contributed by atoms with Crippen molar-refractivity contribution in [2.75, 3.05) is 23.0 Å². The van der Waals surface area contributed by atoms with Crippen molar-refractivity contribution in [3.8, 4) is 0 Å². The van der Waals surface area contributed by atoms with Gasteiger partial charge in [0.25, 0.3) is 0 Å². The summed E-state index contributed by atoms with van der Waals surface area (Å²) >= 11 is 0. The van der Waals surface area contributed by atoms with Crippen LogP contribution in [0.2, 0.25) is 0 Å². The fraction of sp³-hybridized carbons (Fsp3) is 0.667. The van der Waals surface area contributed by atoms with Gasteiger partial charge in [-0.25, -0.2) is 0 Å². The summed E-state index contributed by atoms with van der Waals surface area (Å²) in [4.78, 5) is 0. The molecule has 1 aromatic rings. The minimum absolute atomic E-state index is 0.894. The summed E-state index contributed by atoms with van der Waals surface area (Å²) < 4.78 is 0. The maximum Gasteiger partial charge on any atom is 0.0151 e. The Balaban J connectivity index is 1.60. The van der Waals surface area contributed by atoms with Gasteiger partial charge in [0.2, 0.25) is 0 Å². The largest absolute Gasteiger partial charge is 0.159 e. The Morgan fingerprint density at radius 2 is 0.909 bits per heavy atom. The summed E-state index contributed by atoms with van der Waals surface area (Å²) in [6.07, 6.45) is 8.07. The SMILES string of the molecule is ClS1(Cc2ccc(CS3(Cl)CCCCC3)cc2)CCCCC1. The van der Waals surface area contributed by atoms with Gasteiger partial charge < -0.3 is 0 Å². The van der Waals surface area contributed by atoms with E-state index in [0.29, 0.717) is 0 Å². The van der Waals surface area contributed by atoms with Crippen LogP contribution in [0.25, 0.3) is 0 Å². The topological polar surface area (TPSA) is 0 Å². The maximum atomic E-state index is 6.89. The van der Waals surface area contributed by atoms with Crippen LogP contribution in [0.3, 0.4) is 0 Å². The van der Waals surface area contributed by atoms with Gasteiger partial charge in [-0.15, -0.1) is 0 Å². The molecule has 0 radical (unpaired) electrons. The van der Waals surface area contributed by atoms with Gasteiger partial charge in [0.1, 0.15) is 0 Å². The van der Waals surface area contributed by atoms with E-state index in [1.807, 2.05) is 0 Å². The average Bonchev–Trinajstić information content (AvgIpc) is 2.50. The second-order valence-corrected chi connectivity index (χ2v) is 16.8. The van der Waals surface area contributed by atoms with Gasteiger partial charge in [0.15, 0.2) is 0 Å². The summed E-state index contributed by atoms with van der Waals surface area (Å²) in [6, 6.07) is 9.24. The van der Waals surface area contributed by atoms with E-state index in [2.05, 4.69) is 24.3 Å². The van der Waals surface area contributed by atoms with E-state index in [-0.39, 0.29) is 0 Å². The highest BCUT2D eigenvalue weighted by molar-refractivity contribution is 8.50. The van der Waals surface area contributed by atoms with Crippen molar-refractivity contribution in [2.45, 2.75) is 50.0 Å². The number of hydrogen-bond donors (Lipinski definition) is 0. The van der Waals surface area contributed by atoms with Crippen LogP contribution in [0.4, 0.5) is 0 Å². The van der Waals surface area contributed by atoms with E-state index in [1.54, 1.807) is 0 Å². The predicted octanol–water partition coefficient (Wildman–Crippen LogP) is 6.97. The third-order valence-corrected chi connectivity index (χ3v) is 13.2. The average molecular weight is 379 g/mol. The molecule has 0 nitrogen and oxygen atoms in total. The Morgan fingerprint density at radius 3 is 1.23 bits per heavy atom. The molecule has 0 aliphatic carbocycles. The highest BCUT2D eigenvalue weighted by Gasteiger charge is 2.26. The van der Waals surface area contributed by atoms with Gasteiger partial charge in [-0.1, -0.05) is 58.5 Å². The highest BCUT2D eigenvalue weighted by Crippen LogP contribution is 2.60. The molecule has 4 heteroatoms. The molecule has 2 aliphatic rings. The number of hydrogen-bond acceptors (Lipinski definition) is 0. The number of halogens is 2. The van der Waals surface area contributed by atoms with Crippen molar-refractivity contribution in [3.63, 3.8) is 0 Å². The molecule has 3 rings (SSSR count). The van der Waals surface area contributed by atoms with Crippen LogP contribution in [0.5, 0.6) is 0 Å². The minimum Gasteiger partial charge on any atom is -0.159 e. The lowest BCUT2D eigenvalue weighted by Crippen LogP contribution is -2.12. The van der Waals surface area contributed by atoms with Gasteiger partial charge >= 0.3 is 0 Å². The zero-order valence-electron chi connectivity index (χ0n) is 13.4. The summed E-state index contributed by atoms with van der Waals surface area (Å²) in [5.74, 6) is 7.23. The summed E-state index contributed by atoms with van der Waals surface area (Å²) in [7, 11) is 12.0. The van der Waals surface area contributed by atoms with Crippen LogP contribution in [0, 0.1) is 0 Å². The Bertz CT molecular complexity index is 429. The van der Waals surface area contributed by atoms with E-state index in [4.69, 9.17) is 21.4 Å². The molecule has 0 atom stereocenters. The number of benzene rings is 1. The zero-order chi connectivity index (χ0) is 15.5. The molecule has 0 bridgehead atoms. The molecular weight excluding hydrogens is 351 g/mol. The zero-order valence-corrected chi connectivity index (χ0v) is 16.5. The van der Waals surface area contributed by atoms with Crippen molar-refractivity contribution in [3.05, 3.63) is 35.4 Å².